The molecule has 124 valence electrons. The van der Waals surface area contributed by atoms with Gasteiger partial charge in [0.05, 0.1) is 5.69 Å². The summed E-state index contributed by atoms with van der Waals surface area (Å²) in [5.74, 6) is 2.14. The molecule has 2 aromatic heterocycles. The average Bonchev–Trinajstić information content (AvgIpc) is 3.24. The van der Waals surface area contributed by atoms with E-state index in [1.165, 1.54) is 28.7 Å². The Morgan fingerprint density at radius 3 is 2.83 bits per heavy atom. The zero-order valence-electron chi connectivity index (χ0n) is 13.7. The van der Waals surface area contributed by atoms with E-state index in [2.05, 4.69) is 35.0 Å². The lowest BCUT2D eigenvalue weighted by Crippen LogP contribution is -2.19. The summed E-state index contributed by atoms with van der Waals surface area (Å²) in [4.78, 5) is 11.9. The fraction of sp³-hybridized carbons (Fsp3) is 0.316. The van der Waals surface area contributed by atoms with Crippen LogP contribution in [0.15, 0.2) is 41.4 Å². The van der Waals surface area contributed by atoms with E-state index in [1.807, 2.05) is 30.1 Å². The standard InChI is InChI=1S/C19H20ClN3S/c1-2-24-15-11-16(19(21-12-15)23-7-3-4-8-23)18-9-13-5-6-14(20)10-17(13)22-18/h5-6,9-12,22H,2-4,7-8H2,1H3. The maximum Gasteiger partial charge on any atom is 0.137 e. The Bertz CT molecular complexity index is 868. The quantitative estimate of drug-likeness (QED) is 0.617. The molecule has 0 aliphatic carbocycles. The Hall–Kier alpha value is -1.65. The van der Waals surface area contributed by atoms with Crippen LogP contribution in [-0.4, -0.2) is 28.8 Å². The van der Waals surface area contributed by atoms with Crippen LogP contribution < -0.4 is 4.90 Å². The number of benzene rings is 1. The third-order valence-electron chi connectivity index (χ3n) is 4.43. The minimum atomic E-state index is 0.754. The summed E-state index contributed by atoms with van der Waals surface area (Å²) in [6.45, 7) is 4.35. The number of rotatable bonds is 4. The van der Waals surface area contributed by atoms with E-state index in [-0.39, 0.29) is 0 Å². The molecule has 1 N–H and O–H groups in total. The molecular weight excluding hydrogens is 338 g/mol. The Labute approximate surface area is 151 Å². The van der Waals surface area contributed by atoms with E-state index in [1.54, 1.807) is 0 Å². The van der Waals surface area contributed by atoms with Gasteiger partial charge in [-0.1, -0.05) is 24.6 Å². The number of H-pyrrole nitrogens is 1. The molecule has 0 unspecified atom stereocenters. The van der Waals surface area contributed by atoms with Crippen molar-refractivity contribution in [3.05, 3.63) is 41.6 Å². The van der Waals surface area contributed by atoms with Crippen LogP contribution in [0.25, 0.3) is 22.2 Å². The van der Waals surface area contributed by atoms with E-state index in [0.29, 0.717) is 0 Å². The van der Waals surface area contributed by atoms with Gasteiger partial charge in [-0.3, -0.25) is 0 Å². The second-order valence-corrected chi connectivity index (χ2v) is 7.86. The normalized spacial score (nSPS) is 14.7. The number of aromatic nitrogens is 2. The highest BCUT2D eigenvalue weighted by Gasteiger charge is 2.19. The van der Waals surface area contributed by atoms with Gasteiger partial charge in [-0.05, 0) is 42.9 Å². The van der Waals surface area contributed by atoms with Gasteiger partial charge >= 0.3 is 0 Å². The van der Waals surface area contributed by atoms with Crippen LogP contribution in [0.3, 0.4) is 0 Å². The van der Waals surface area contributed by atoms with Gasteiger partial charge in [0, 0.05) is 45.7 Å². The molecule has 3 heterocycles. The smallest absolute Gasteiger partial charge is 0.137 e. The molecule has 0 atom stereocenters. The first kappa shape index (κ1) is 15.9. The van der Waals surface area contributed by atoms with E-state index < -0.39 is 0 Å². The number of hydrogen-bond donors (Lipinski definition) is 1. The number of thioether (sulfide) groups is 1. The Kier molecular flexibility index (Phi) is 4.42. The van der Waals surface area contributed by atoms with Gasteiger partial charge in [-0.2, -0.15) is 0 Å². The summed E-state index contributed by atoms with van der Waals surface area (Å²) < 4.78 is 0. The minimum absolute atomic E-state index is 0.754. The first-order valence-electron chi connectivity index (χ1n) is 8.41. The number of halogens is 1. The Morgan fingerprint density at radius 1 is 1.21 bits per heavy atom. The number of aromatic amines is 1. The molecule has 3 aromatic rings. The second-order valence-electron chi connectivity index (χ2n) is 6.08. The predicted molar refractivity (Wildman–Crippen MR) is 104 cm³/mol. The lowest BCUT2D eigenvalue weighted by atomic mass is 10.1. The molecule has 3 nitrogen and oxygen atoms in total. The summed E-state index contributed by atoms with van der Waals surface area (Å²) in [5.41, 5.74) is 3.36. The first-order valence-corrected chi connectivity index (χ1v) is 9.77. The Balaban J connectivity index is 1.84. The molecule has 0 bridgehead atoms. The number of anilines is 1. The van der Waals surface area contributed by atoms with Gasteiger partial charge in [0.25, 0.3) is 0 Å². The van der Waals surface area contributed by atoms with E-state index in [0.717, 1.165) is 40.9 Å². The SMILES string of the molecule is CCSc1cnc(N2CCCC2)c(-c2cc3ccc(Cl)cc3[nH]2)c1. The van der Waals surface area contributed by atoms with Crippen LogP contribution in [0, 0.1) is 0 Å². The number of nitrogens with one attached hydrogen (secondary N) is 1. The predicted octanol–water partition coefficient (Wildman–Crippen LogP) is 5.60. The number of nitrogens with zero attached hydrogens (tertiary/aromatic N) is 2. The van der Waals surface area contributed by atoms with Crippen molar-refractivity contribution in [1.29, 1.82) is 0 Å². The van der Waals surface area contributed by atoms with Crippen molar-refractivity contribution in [2.24, 2.45) is 0 Å². The van der Waals surface area contributed by atoms with Crippen LogP contribution in [0.2, 0.25) is 5.02 Å². The fourth-order valence-electron chi connectivity index (χ4n) is 3.31. The molecule has 1 aliphatic rings. The van der Waals surface area contributed by atoms with E-state index in [4.69, 9.17) is 16.6 Å². The topological polar surface area (TPSA) is 31.9 Å². The Morgan fingerprint density at radius 2 is 2.04 bits per heavy atom. The lowest BCUT2D eigenvalue weighted by molar-refractivity contribution is 0.933. The van der Waals surface area contributed by atoms with Crippen LogP contribution in [0.4, 0.5) is 5.82 Å². The maximum atomic E-state index is 6.13. The lowest BCUT2D eigenvalue weighted by Gasteiger charge is -2.20. The van der Waals surface area contributed by atoms with Crippen LogP contribution >= 0.6 is 23.4 Å². The van der Waals surface area contributed by atoms with E-state index >= 15 is 0 Å². The van der Waals surface area contributed by atoms with Gasteiger partial charge in [0.2, 0.25) is 0 Å². The number of hydrogen-bond acceptors (Lipinski definition) is 3. The monoisotopic (exact) mass is 357 g/mol. The third-order valence-corrected chi connectivity index (χ3v) is 5.51. The van der Waals surface area contributed by atoms with Gasteiger partial charge in [0.1, 0.15) is 5.82 Å². The van der Waals surface area contributed by atoms with Crippen molar-refractivity contribution >= 4 is 40.1 Å². The fourth-order valence-corrected chi connectivity index (χ4v) is 4.14. The van der Waals surface area contributed by atoms with Crippen LogP contribution in [-0.2, 0) is 0 Å². The van der Waals surface area contributed by atoms with Crippen molar-refractivity contribution in [1.82, 2.24) is 9.97 Å². The van der Waals surface area contributed by atoms with Crippen molar-refractivity contribution in [3.8, 4) is 11.3 Å². The summed E-state index contributed by atoms with van der Waals surface area (Å²) >= 11 is 7.96. The maximum absolute atomic E-state index is 6.13. The van der Waals surface area contributed by atoms with Gasteiger partial charge < -0.3 is 9.88 Å². The number of pyridine rings is 1. The molecule has 24 heavy (non-hydrogen) atoms. The zero-order valence-corrected chi connectivity index (χ0v) is 15.3. The molecule has 0 spiro atoms. The molecule has 1 aliphatic heterocycles. The molecule has 0 radical (unpaired) electrons. The largest absolute Gasteiger partial charge is 0.356 e. The summed E-state index contributed by atoms with van der Waals surface area (Å²) in [6.07, 6.45) is 4.49. The van der Waals surface area contributed by atoms with Crippen LogP contribution in [0.5, 0.6) is 0 Å². The molecule has 1 saturated heterocycles. The van der Waals surface area contributed by atoms with Crippen LogP contribution in [0.1, 0.15) is 19.8 Å². The van der Waals surface area contributed by atoms with Crippen molar-refractivity contribution in [3.63, 3.8) is 0 Å². The summed E-state index contributed by atoms with van der Waals surface area (Å²) in [6, 6.07) is 10.4. The molecule has 1 fully saturated rings. The van der Waals surface area contributed by atoms with Crippen molar-refractivity contribution < 1.29 is 0 Å². The van der Waals surface area contributed by atoms with Crippen molar-refractivity contribution in [2.45, 2.75) is 24.7 Å². The highest BCUT2D eigenvalue weighted by Crippen LogP contribution is 2.35. The van der Waals surface area contributed by atoms with Gasteiger partial charge in [0.15, 0.2) is 0 Å². The zero-order chi connectivity index (χ0) is 16.5. The number of fused-ring (bicyclic) bond motifs is 1. The minimum Gasteiger partial charge on any atom is -0.356 e. The third kappa shape index (κ3) is 3.01. The molecule has 0 amide bonds. The molecule has 0 saturated carbocycles. The first-order chi connectivity index (χ1) is 11.7. The molecule has 5 heteroatoms. The molecule has 4 rings (SSSR count). The highest BCUT2D eigenvalue weighted by molar-refractivity contribution is 7.99. The second kappa shape index (κ2) is 6.69. The highest BCUT2D eigenvalue weighted by atomic mass is 35.5. The average molecular weight is 358 g/mol. The molecular formula is C19H20ClN3S. The van der Waals surface area contributed by atoms with Gasteiger partial charge in [-0.15, -0.1) is 11.8 Å². The summed E-state index contributed by atoms with van der Waals surface area (Å²) in [7, 11) is 0. The van der Waals surface area contributed by atoms with Crippen molar-refractivity contribution in [2.75, 3.05) is 23.7 Å². The van der Waals surface area contributed by atoms with Gasteiger partial charge in [-0.25, -0.2) is 4.98 Å². The van der Waals surface area contributed by atoms with E-state index in [9.17, 15) is 0 Å². The summed E-state index contributed by atoms with van der Waals surface area (Å²) in [5, 5.41) is 1.93. The molecule has 1 aromatic carbocycles.